The molecule has 0 saturated carbocycles. The molecule has 0 aromatic carbocycles. The molecule has 0 spiro atoms. The minimum atomic E-state index is 1.31. The number of nitrogens with one attached hydrogen (secondary N) is 1. The van der Waals surface area contributed by atoms with Gasteiger partial charge in [0.15, 0.2) is 0 Å². The van der Waals surface area contributed by atoms with Crippen molar-refractivity contribution in [1.29, 1.82) is 0 Å². The molecule has 1 aliphatic rings. The molecule has 0 aromatic heterocycles. The number of allylic oxidation sites excluding steroid dienone is 1. The molecule has 2 nitrogen and oxygen atoms in total. The SMILES string of the molecule is CC1=CN(C)NS1. The van der Waals surface area contributed by atoms with Crippen LogP contribution < -0.4 is 4.83 Å². The minimum Gasteiger partial charge on any atom is -0.308 e. The highest BCUT2D eigenvalue weighted by Gasteiger charge is 2.00. The summed E-state index contributed by atoms with van der Waals surface area (Å²) < 4.78 is 0. The van der Waals surface area contributed by atoms with Crippen LogP contribution in [0.3, 0.4) is 0 Å². The molecule has 40 valence electrons. The highest BCUT2D eigenvalue weighted by Crippen LogP contribution is 2.16. The summed E-state index contributed by atoms with van der Waals surface area (Å²) in [6.45, 7) is 2.07. The van der Waals surface area contributed by atoms with Gasteiger partial charge in [0.1, 0.15) is 0 Å². The van der Waals surface area contributed by atoms with Crippen LogP contribution in [0.1, 0.15) is 6.92 Å². The van der Waals surface area contributed by atoms with Crippen molar-refractivity contribution in [2.45, 2.75) is 6.92 Å². The van der Waals surface area contributed by atoms with E-state index in [1.54, 1.807) is 11.9 Å². The van der Waals surface area contributed by atoms with E-state index in [1.807, 2.05) is 18.3 Å². The second-order valence-electron chi connectivity index (χ2n) is 1.54. The van der Waals surface area contributed by atoms with Crippen molar-refractivity contribution in [1.82, 2.24) is 9.84 Å². The van der Waals surface area contributed by atoms with Gasteiger partial charge in [0, 0.05) is 18.2 Å². The third-order valence-corrected chi connectivity index (χ3v) is 1.53. The Morgan fingerprint density at radius 2 is 2.57 bits per heavy atom. The van der Waals surface area contributed by atoms with Crippen LogP contribution >= 0.6 is 11.9 Å². The van der Waals surface area contributed by atoms with Crippen molar-refractivity contribution < 1.29 is 0 Å². The van der Waals surface area contributed by atoms with Gasteiger partial charge in [0.2, 0.25) is 0 Å². The molecule has 1 rings (SSSR count). The zero-order valence-corrected chi connectivity index (χ0v) is 5.25. The molecule has 3 heteroatoms. The standard InChI is InChI=1S/C4H8N2S/c1-4-3-6(2)5-7-4/h3,5H,1-2H3. The summed E-state index contributed by atoms with van der Waals surface area (Å²) in [5, 5.41) is 1.93. The van der Waals surface area contributed by atoms with E-state index in [-0.39, 0.29) is 0 Å². The average Bonchev–Trinajstić information content (AvgIpc) is 1.87. The zero-order valence-electron chi connectivity index (χ0n) is 4.43. The lowest BCUT2D eigenvalue weighted by Crippen LogP contribution is -2.17. The maximum absolute atomic E-state index is 3.03. The molecular weight excluding hydrogens is 108 g/mol. The van der Waals surface area contributed by atoms with Crippen molar-refractivity contribution in [3.8, 4) is 0 Å². The molecule has 0 fully saturated rings. The fourth-order valence-corrected chi connectivity index (χ4v) is 1.02. The van der Waals surface area contributed by atoms with E-state index in [0.717, 1.165) is 0 Å². The van der Waals surface area contributed by atoms with Gasteiger partial charge in [0.25, 0.3) is 0 Å². The van der Waals surface area contributed by atoms with Gasteiger partial charge < -0.3 is 5.01 Å². The largest absolute Gasteiger partial charge is 0.308 e. The minimum absolute atomic E-state index is 1.31. The van der Waals surface area contributed by atoms with Gasteiger partial charge >= 0.3 is 0 Å². The van der Waals surface area contributed by atoms with E-state index in [1.165, 1.54) is 4.91 Å². The topological polar surface area (TPSA) is 15.3 Å². The third-order valence-electron chi connectivity index (χ3n) is 0.726. The second-order valence-corrected chi connectivity index (χ2v) is 2.57. The molecule has 0 aliphatic carbocycles. The number of nitrogens with zero attached hydrogens (tertiary/aromatic N) is 1. The van der Waals surface area contributed by atoms with Crippen LogP contribution in [-0.2, 0) is 0 Å². The molecule has 0 radical (unpaired) electrons. The van der Waals surface area contributed by atoms with Gasteiger partial charge in [-0.2, -0.15) is 4.83 Å². The Morgan fingerprint density at radius 1 is 1.86 bits per heavy atom. The Morgan fingerprint density at radius 3 is 2.71 bits per heavy atom. The second kappa shape index (κ2) is 1.76. The summed E-state index contributed by atoms with van der Waals surface area (Å²) in [4.78, 5) is 4.33. The maximum atomic E-state index is 3.03. The van der Waals surface area contributed by atoms with Crippen LogP contribution in [0.15, 0.2) is 11.1 Å². The van der Waals surface area contributed by atoms with Crippen molar-refractivity contribution in [2.24, 2.45) is 0 Å². The Bertz CT molecular complexity index is 99.9. The first kappa shape index (κ1) is 5.00. The van der Waals surface area contributed by atoms with Crippen molar-refractivity contribution in [3.05, 3.63) is 11.1 Å². The monoisotopic (exact) mass is 116 g/mol. The van der Waals surface area contributed by atoms with Crippen LogP contribution in [-0.4, -0.2) is 12.1 Å². The first-order valence-electron chi connectivity index (χ1n) is 2.13. The molecule has 0 bridgehead atoms. The van der Waals surface area contributed by atoms with E-state index < -0.39 is 0 Å². The van der Waals surface area contributed by atoms with Gasteiger partial charge in [-0.3, -0.25) is 0 Å². The Kier molecular flexibility index (Phi) is 1.25. The summed E-state index contributed by atoms with van der Waals surface area (Å²) in [7, 11) is 1.98. The zero-order chi connectivity index (χ0) is 5.28. The molecule has 0 unspecified atom stereocenters. The molecule has 1 heterocycles. The Balaban J connectivity index is 2.50. The summed E-state index contributed by atoms with van der Waals surface area (Å²) in [5.74, 6) is 0. The molecular formula is C4H8N2S. The molecule has 1 N–H and O–H groups in total. The summed E-state index contributed by atoms with van der Waals surface area (Å²) >= 11 is 1.64. The molecule has 0 saturated heterocycles. The summed E-state index contributed by atoms with van der Waals surface area (Å²) in [6, 6.07) is 0. The van der Waals surface area contributed by atoms with Crippen LogP contribution in [0.2, 0.25) is 0 Å². The van der Waals surface area contributed by atoms with E-state index in [9.17, 15) is 0 Å². The predicted octanol–water partition coefficient (Wildman–Crippen LogP) is 0.946. The van der Waals surface area contributed by atoms with Crippen molar-refractivity contribution >= 4 is 11.9 Å². The fourth-order valence-electron chi connectivity index (χ4n) is 0.469. The van der Waals surface area contributed by atoms with Crippen molar-refractivity contribution in [2.75, 3.05) is 7.05 Å². The third kappa shape index (κ3) is 1.11. The van der Waals surface area contributed by atoms with Gasteiger partial charge in [-0.25, -0.2) is 0 Å². The van der Waals surface area contributed by atoms with Gasteiger partial charge in [0.05, 0.1) is 0 Å². The van der Waals surface area contributed by atoms with E-state index >= 15 is 0 Å². The molecule has 0 aromatic rings. The van der Waals surface area contributed by atoms with Gasteiger partial charge in [-0.15, -0.1) is 0 Å². The van der Waals surface area contributed by atoms with E-state index in [0.29, 0.717) is 0 Å². The van der Waals surface area contributed by atoms with Gasteiger partial charge in [-0.1, -0.05) is 0 Å². The lowest BCUT2D eigenvalue weighted by atomic mass is 10.7. The van der Waals surface area contributed by atoms with Crippen LogP contribution in [0.5, 0.6) is 0 Å². The molecule has 7 heavy (non-hydrogen) atoms. The number of hydrogen-bond donors (Lipinski definition) is 1. The highest BCUT2D eigenvalue weighted by atomic mass is 32.2. The van der Waals surface area contributed by atoms with E-state index in [2.05, 4.69) is 11.8 Å². The predicted molar refractivity (Wildman–Crippen MR) is 32.2 cm³/mol. The molecule has 1 aliphatic heterocycles. The van der Waals surface area contributed by atoms with Crippen LogP contribution in [0.4, 0.5) is 0 Å². The number of rotatable bonds is 0. The van der Waals surface area contributed by atoms with Gasteiger partial charge in [-0.05, 0) is 18.9 Å². The number of hydrogen-bond acceptors (Lipinski definition) is 3. The quantitative estimate of drug-likeness (QED) is 0.474. The molecule has 0 amide bonds. The van der Waals surface area contributed by atoms with Crippen molar-refractivity contribution in [3.63, 3.8) is 0 Å². The van der Waals surface area contributed by atoms with Crippen LogP contribution in [0, 0.1) is 0 Å². The van der Waals surface area contributed by atoms with Crippen LogP contribution in [0.25, 0.3) is 0 Å². The normalized spacial score (nSPS) is 20.3. The average molecular weight is 116 g/mol. The Hall–Kier alpha value is -0.150. The highest BCUT2D eigenvalue weighted by molar-refractivity contribution is 8.01. The summed E-state index contributed by atoms with van der Waals surface area (Å²) in [5.41, 5.74) is 0. The molecule has 0 atom stereocenters. The smallest absolute Gasteiger partial charge is 0.0269 e. The van der Waals surface area contributed by atoms with E-state index in [4.69, 9.17) is 0 Å². The lowest BCUT2D eigenvalue weighted by molar-refractivity contribution is 0.444. The fraction of sp³-hybridized carbons (Fsp3) is 0.500. The maximum Gasteiger partial charge on any atom is 0.0269 e. The first-order valence-corrected chi connectivity index (χ1v) is 2.94. The summed E-state index contributed by atoms with van der Waals surface area (Å²) in [6.07, 6.45) is 2.05. The lowest BCUT2D eigenvalue weighted by Gasteiger charge is -2.02. The first-order chi connectivity index (χ1) is 3.29. The number of hydrazine groups is 1. The Labute approximate surface area is 47.7 Å².